The first-order valence-corrected chi connectivity index (χ1v) is 12.7. The number of anilines is 2. The highest BCUT2D eigenvalue weighted by Gasteiger charge is 2.40. The fourth-order valence-electron chi connectivity index (χ4n) is 4.37. The Morgan fingerprint density at radius 3 is 2.16 bits per heavy atom. The summed E-state index contributed by atoms with van der Waals surface area (Å²) in [6.45, 7) is 1.69. The number of carbonyl (C=O) groups is 1. The van der Waals surface area contributed by atoms with Gasteiger partial charge in [-0.3, -0.25) is 9.69 Å². The molecule has 1 aliphatic heterocycles. The quantitative estimate of drug-likeness (QED) is 0.229. The number of benzene rings is 4. The molecule has 5 rings (SSSR count). The Bertz CT molecular complexity index is 1460. The first kappa shape index (κ1) is 25.6. The molecule has 8 heteroatoms. The van der Waals surface area contributed by atoms with E-state index in [4.69, 9.17) is 37.8 Å². The van der Waals surface area contributed by atoms with Crippen molar-refractivity contribution >= 4 is 46.2 Å². The molecule has 0 aromatic heterocycles. The predicted octanol–water partition coefficient (Wildman–Crippen LogP) is 7.51. The van der Waals surface area contributed by atoms with E-state index in [0.29, 0.717) is 32.9 Å². The maximum Gasteiger partial charge on any atom is 0.198 e. The summed E-state index contributed by atoms with van der Waals surface area (Å²) >= 11 is 12.8. The number of Topliss-reactive ketones (excluding diaryl/α,β-unsaturated/α-hetero) is 1. The Kier molecular flexibility index (Phi) is 7.54. The number of para-hydroxylation sites is 2. The molecule has 0 spiro atoms. The maximum absolute atomic E-state index is 12.9. The van der Waals surface area contributed by atoms with Gasteiger partial charge in [0, 0.05) is 33.8 Å². The molecule has 192 valence electrons. The van der Waals surface area contributed by atoms with Crippen molar-refractivity contribution in [3.63, 3.8) is 0 Å². The van der Waals surface area contributed by atoms with Gasteiger partial charge >= 0.3 is 0 Å². The Labute approximate surface area is 231 Å². The molecule has 0 bridgehead atoms. The third-order valence-corrected chi connectivity index (χ3v) is 6.93. The summed E-state index contributed by atoms with van der Waals surface area (Å²) in [4.78, 5) is 14.8. The van der Waals surface area contributed by atoms with E-state index in [1.54, 1.807) is 25.3 Å². The second-order valence-electron chi connectivity index (χ2n) is 8.63. The van der Waals surface area contributed by atoms with E-state index in [0.717, 1.165) is 16.9 Å². The van der Waals surface area contributed by atoms with Gasteiger partial charge in [0.05, 0.1) is 12.8 Å². The largest absolute Gasteiger partial charge is 0.497 e. The molecular formula is C30H25Cl2N3O3. The minimum absolute atomic E-state index is 0.162. The Balaban J connectivity index is 1.62. The maximum atomic E-state index is 12.9. The molecule has 0 aliphatic carbocycles. The summed E-state index contributed by atoms with van der Waals surface area (Å²) in [5, 5.41) is 7.70. The third kappa shape index (κ3) is 5.05. The Morgan fingerprint density at radius 1 is 0.842 bits per heavy atom. The SMILES string of the molecule is COc1ccc(N2C(C(C)=O)=NN(c3ccccc3)C2c2ccccc2OCc2c(Cl)cccc2Cl)cc1. The lowest BCUT2D eigenvalue weighted by molar-refractivity contribution is -0.111. The number of hydrazone groups is 1. The van der Waals surface area contributed by atoms with Gasteiger partial charge in [0.15, 0.2) is 17.8 Å². The van der Waals surface area contributed by atoms with Crippen LogP contribution in [0.3, 0.4) is 0 Å². The topological polar surface area (TPSA) is 54.4 Å². The highest BCUT2D eigenvalue weighted by atomic mass is 35.5. The molecule has 0 radical (unpaired) electrons. The van der Waals surface area contributed by atoms with Crippen molar-refractivity contribution in [3.8, 4) is 11.5 Å². The molecule has 6 nitrogen and oxygen atoms in total. The number of hydrogen-bond acceptors (Lipinski definition) is 6. The van der Waals surface area contributed by atoms with Crippen LogP contribution in [0.4, 0.5) is 11.4 Å². The molecule has 0 N–H and O–H groups in total. The van der Waals surface area contributed by atoms with Gasteiger partial charge in [-0.05, 0) is 54.6 Å². The molecule has 1 unspecified atom stereocenters. The zero-order valence-electron chi connectivity index (χ0n) is 20.8. The van der Waals surface area contributed by atoms with Crippen LogP contribution in [0.2, 0.25) is 10.0 Å². The Hall–Kier alpha value is -4.00. The summed E-state index contributed by atoms with van der Waals surface area (Å²) in [6.07, 6.45) is -0.511. The van der Waals surface area contributed by atoms with E-state index in [1.807, 2.05) is 88.8 Å². The first-order chi connectivity index (χ1) is 18.5. The van der Waals surface area contributed by atoms with Gasteiger partial charge in [-0.15, -0.1) is 5.10 Å². The zero-order valence-corrected chi connectivity index (χ0v) is 22.4. The van der Waals surface area contributed by atoms with E-state index in [2.05, 4.69) is 0 Å². The summed E-state index contributed by atoms with van der Waals surface area (Å²) in [5.74, 6) is 1.48. The normalized spacial score (nSPS) is 14.8. The van der Waals surface area contributed by atoms with Crippen molar-refractivity contribution in [2.75, 3.05) is 17.0 Å². The average Bonchev–Trinajstić information content (AvgIpc) is 3.34. The fraction of sp³-hybridized carbons (Fsp3) is 0.133. The lowest BCUT2D eigenvalue weighted by atomic mass is 10.1. The van der Waals surface area contributed by atoms with Crippen molar-refractivity contribution in [1.82, 2.24) is 0 Å². The standard InChI is InChI=1S/C30H25Cl2N3O3/c1-20(36)29-33-35(22-9-4-3-5-10-22)30(34(29)21-15-17-23(37-2)18-16-21)24-11-6-7-14-28(24)38-19-25-26(31)12-8-13-27(25)32/h3-18,30H,19H2,1-2H3. The number of halogens is 2. The fourth-order valence-corrected chi connectivity index (χ4v) is 4.88. The lowest BCUT2D eigenvalue weighted by Crippen LogP contribution is -2.38. The minimum Gasteiger partial charge on any atom is -0.497 e. The highest BCUT2D eigenvalue weighted by molar-refractivity contribution is 6.44. The van der Waals surface area contributed by atoms with E-state index < -0.39 is 6.17 Å². The monoisotopic (exact) mass is 545 g/mol. The van der Waals surface area contributed by atoms with Crippen LogP contribution in [0.15, 0.2) is 102 Å². The van der Waals surface area contributed by atoms with E-state index in [-0.39, 0.29) is 12.4 Å². The van der Waals surface area contributed by atoms with Gasteiger partial charge in [-0.2, -0.15) is 0 Å². The van der Waals surface area contributed by atoms with Crippen molar-refractivity contribution in [3.05, 3.63) is 118 Å². The number of nitrogens with zero attached hydrogens (tertiary/aromatic N) is 3. The molecule has 4 aromatic carbocycles. The first-order valence-electron chi connectivity index (χ1n) is 12.0. The van der Waals surface area contributed by atoms with Crippen LogP contribution in [-0.2, 0) is 11.4 Å². The second kappa shape index (κ2) is 11.2. The van der Waals surface area contributed by atoms with Gasteiger partial charge in [0.2, 0.25) is 0 Å². The van der Waals surface area contributed by atoms with E-state index in [9.17, 15) is 4.79 Å². The second-order valence-corrected chi connectivity index (χ2v) is 9.44. The number of amidine groups is 1. The minimum atomic E-state index is -0.511. The van der Waals surface area contributed by atoms with Crippen molar-refractivity contribution in [2.24, 2.45) is 5.10 Å². The number of methoxy groups -OCH3 is 1. The number of ether oxygens (including phenoxy) is 2. The number of hydrogen-bond donors (Lipinski definition) is 0. The molecule has 1 aliphatic rings. The lowest BCUT2D eigenvalue weighted by Gasteiger charge is -2.33. The molecular weight excluding hydrogens is 521 g/mol. The smallest absolute Gasteiger partial charge is 0.198 e. The summed E-state index contributed by atoms with van der Waals surface area (Å²) in [6, 6.07) is 30.3. The van der Waals surface area contributed by atoms with Gasteiger partial charge in [-0.25, -0.2) is 5.01 Å². The number of carbonyl (C=O) groups excluding carboxylic acids is 1. The molecule has 0 amide bonds. The molecule has 0 saturated carbocycles. The summed E-state index contributed by atoms with van der Waals surface area (Å²) < 4.78 is 11.7. The molecule has 4 aromatic rings. The molecule has 1 atom stereocenters. The molecule has 1 heterocycles. The van der Waals surface area contributed by atoms with Crippen LogP contribution in [0, 0.1) is 0 Å². The van der Waals surface area contributed by atoms with Gasteiger partial charge < -0.3 is 9.47 Å². The van der Waals surface area contributed by atoms with E-state index >= 15 is 0 Å². The van der Waals surface area contributed by atoms with Crippen molar-refractivity contribution in [1.29, 1.82) is 0 Å². The van der Waals surface area contributed by atoms with Crippen LogP contribution < -0.4 is 19.4 Å². The van der Waals surface area contributed by atoms with Gasteiger partial charge in [-0.1, -0.05) is 65.7 Å². The van der Waals surface area contributed by atoms with Crippen LogP contribution in [0.1, 0.15) is 24.2 Å². The predicted molar refractivity (Wildman–Crippen MR) is 152 cm³/mol. The zero-order chi connectivity index (χ0) is 26.6. The van der Waals surface area contributed by atoms with Gasteiger partial charge in [0.25, 0.3) is 0 Å². The van der Waals surface area contributed by atoms with Crippen LogP contribution in [0.25, 0.3) is 0 Å². The average molecular weight is 546 g/mol. The highest BCUT2D eigenvalue weighted by Crippen LogP contribution is 2.42. The van der Waals surface area contributed by atoms with Crippen molar-refractivity contribution < 1.29 is 14.3 Å². The van der Waals surface area contributed by atoms with Crippen LogP contribution >= 0.6 is 23.2 Å². The van der Waals surface area contributed by atoms with E-state index in [1.165, 1.54) is 6.92 Å². The van der Waals surface area contributed by atoms with Crippen molar-refractivity contribution in [2.45, 2.75) is 19.7 Å². The molecule has 0 fully saturated rings. The summed E-state index contributed by atoms with van der Waals surface area (Å²) in [7, 11) is 1.62. The summed E-state index contributed by atoms with van der Waals surface area (Å²) in [5.41, 5.74) is 3.13. The van der Waals surface area contributed by atoms with Crippen LogP contribution in [-0.4, -0.2) is 18.7 Å². The van der Waals surface area contributed by atoms with Crippen LogP contribution in [0.5, 0.6) is 11.5 Å². The number of ketones is 1. The molecule has 38 heavy (non-hydrogen) atoms. The Morgan fingerprint density at radius 2 is 1.50 bits per heavy atom. The third-order valence-electron chi connectivity index (χ3n) is 6.22. The molecule has 0 saturated heterocycles. The van der Waals surface area contributed by atoms with Gasteiger partial charge in [0.1, 0.15) is 18.1 Å². The number of rotatable bonds is 8.